The molecule has 1 aromatic heterocycles. The van der Waals surface area contributed by atoms with E-state index in [-0.39, 0.29) is 18.1 Å². The van der Waals surface area contributed by atoms with Gasteiger partial charge in [0.25, 0.3) is 11.8 Å². The lowest BCUT2D eigenvalue weighted by atomic mass is 10.1. The number of amides is 1. The zero-order chi connectivity index (χ0) is 19.9. The molecule has 144 valence electrons. The van der Waals surface area contributed by atoms with Crippen LogP contribution in [0.3, 0.4) is 0 Å². The summed E-state index contributed by atoms with van der Waals surface area (Å²) in [6.07, 6.45) is 1.07. The van der Waals surface area contributed by atoms with Gasteiger partial charge in [0.1, 0.15) is 11.6 Å². The number of nitrogens with one attached hydrogen (secondary N) is 1. The molecule has 1 heterocycles. The molecule has 0 saturated heterocycles. The molecule has 28 heavy (non-hydrogen) atoms. The van der Waals surface area contributed by atoms with E-state index in [2.05, 4.69) is 15.3 Å². The molecule has 0 atom stereocenters. The third kappa shape index (κ3) is 4.76. The van der Waals surface area contributed by atoms with Crippen LogP contribution in [0, 0.1) is 0 Å². The van der Waals surface area contributed by atoms with Crippen molar-refractivity contribution in [2.24, 2.45) is 0 Å². The van der Waals surface area contributed by atoms with E-state index in [0.717, 1.165) is 11.1 Å². The highest BCUT2D eigenvalue weighted by Crippen LogP contribution is 2.25. The normalized spacial score (nSPS) is 10.5. The van der Waals surface area contributed by atoms with Crippen molar-refractivity contribution in [2.45, 2.75) is 19.4 Å². The number of ether oxygens (including phenoxy) is 1. The van der Waals surface area contributed by atoms with Gasteiger partial charge in [-0.1, -0.05) is 42.5 Å². The molecule has 0 saturated carbocycles. The van der Waals surface area contributed by atoms with E-state index in [1.54, 1.807) is 19.2 Å². The van der Waals surface area contributed by atoms with E-state index >= 15 is 0 Å². The monoisotopic (exact) mass is 379 g/mol. The Labute approximate surface area is 162 Å². The van der Waals surface area contributed by atoms with Crippen LogP contribution in [-0.4, -0.2) is 33.2 Å². The number of aromatic hydroxyl groups is 2. The van der Waals surface area contributed by atoms with Gasteiger partial charge in [0.15, 0.2) is 5.69 Å². The zero-order valence-electron chi connectivity index (χ0n) is 15.4. The largest absolute Gasteiger partial charge is 0.501 e. The Morgan fingerprint density at radius 3 is 2.50 bits per heavy atom. The predicted molar refractivity (Wildman–Crippen MR) is 103 cm³/mol. The minimum atomic E-state index is -0.633. The van der Waals surface area contributed by atoms with Gasteiger partial charge in [-0.25, -0.2) is 4.98 Å². The number of aromatic nitrogens is 2. The summed E-state index contributed by atoms with van der Waals surface area (Å²) >= 11 is 0. The maximum atomic E-state index is 12.5. The fourth-order valence-corrected chi connectivity index (χ4v) is 2.71. The van der Waals surface area contributed by atoms with Gasteiger partial charge in [0, 0.05) is 13.0 Å². The second kappa shape index (κ2) is 8.85. The Kier molecular flexibility index (Phi) is 6.06. The van der Waals surface area contributed by atoms with Gasteiger partial charge in [-0.15, -0.1) is 0 Å². The molecule has 0 aliphatic rings. The van der Waals surface area contributed by atoms with Crippen molar-refractivity contribution in [2.75, 3.05) is 7.11 Å². The molecule has 2 aromatic carbocycles. The number of carbonyl (C=O) groups excluding carboxylic acids is 1. The summed E-state index contributed by atoms with van der Waals surface area (Å²) in [7, 11) is 1.57. The van der Waals surface area contributed by atoms with E-state index < -0.39 is 17.5 Å². The standard InChI is InChI=1S/C21H21N3O4/c1-28-16-9-5-8-15(12-16)13-22-20(26)18-19(25)21(27)24-17(23-18)11-10-14-6-3-2-4-7-14/h2-9,12,25H,10-11,13H2,1H3,(H,22,26)(H,23,24,27). The van der Waals surface area contributed by atoms with Crippen LogP contribution < -0.4 is 10.1 Å². The van der Waals surface area contributed by atoms with Crippen LogP contribution in [0.4, 0.5) is 0 Å². The first-order chi connectivity index (χ1) is 13.6. The summed E-state index contributed by atoms with van der Waals surface area (Å²) in [6, 6.07) is 17.0. The molecule has 0 bridgehead atoms. The number of hydrogen-bond donors (Lipinski definition) is 3. The highest BCUT2D eigenvalue weighted by molar-refractivity contribution is 5.95. The average molecular weight is 379 g/mol. The quantitative estimate of drug-likeness (QED) is 0.583. The van der Waals surface area contributed by atoms with Crippen molar-refractivity contribution in [1.29, 1.82) is 0 Å². The van der Waals surface area contributed by atoms with Crippen molar-refractivity contribution in [3.8, 4) is 17.4 Å². The summed E-state index contributed by atoms with van der Waals surface area (Å²) < 4.78 is 5.15. The lowest BCUT2D eigenvalue weighted by Gasteiger charge is -2.10. The highest BCUT2D eigenvalue weighted by atomic mass is 16.5. The van der Waals surface area contributed by atoms with Crippen LogP contribution in [-0.2, 0) is 19.4 Å². The number of hydrogen-bond acceptors (Lipinski definition) is 6. The first-order valence-electron chi connectivity index (χ1n) is 8.80. The maximum absolute atomic E-state index is 12.5. The molecule has 3 rings (SSSR count). The summed E-state index contributed by atoms with van der Waals surface area (Å²) in [5, 5.41) is 22.6. The molecule has 0 aliphatic heterocycles. The summed E-state index contributed by atoms with van der Waals surface area (Å²) in [4.78, 5) is 20.5. The van der Waals surface area contributed by atoms with E-state index in [1.165, 1.54) is 0 Å². The van der Waals surface area contributed by atoms with Gasteiger partial charge in [-0.3, -0.25) is 4.79 Å². The van der Waals surface area contributed by atoms with Crippen molar-refractivity contribution >= 4 is 5.91 Å². The Bertz CT molecular complexity index is 961. The second-order valence-corrected chi connectivity index (χ2v) is 6.18. The first kappa shape index (κ1) is 19.2. The summed E-state index contributed by atoms with van der Waals surface area (Å²) in [5.41, 5.74) is 1.66. The Morgan fingerprint density at radius 2 is 1.75 bits per heavy atom. The van der Waals surface area contributed by atoms with Gasteiger partial charge < -0.3 is 20.3 Å². The van der Waals surface area contributed by atoms with Crippen LogP contribution in [0.2, 0.25) is 0 Å². The molecule has 0 spiro atoms. The minimum Gasteiger partial charge on any atom is -0.501 e. The van der Waals surface area contributed by atoms with Crippen LogP contribution in [0.25, 0.3) is 0 Å². The van der Waals surface area contributed by atoms with Crippen LogP contribution in [0.15, 0.2) is 54.6 Å². The number of benzene rings is 2. The van der Waals surface area contributed by atoms with E-state index in [9.17, 15) is 15.0 Å². The maximum Gasteiger partial charge on any atom is 0.274 e. The first-order valence-corrected chi connectivity index (χ1v) is 8.80. The highest BCUT2D eigenvalue weighted by Gasteiger charge is 2.19. The molecule has 0 unspecified atom stereocenters. The Morgan fingerprint density at radius 1 is 1.00 bits per heavy atom. The van der Waals surface area contributed by atoms with Gasteiger partial charge >= 0.3 is 0 Å². The lowest BCUT2D eigenvalue weighted by molar-refractivity contribution is 0.0941. The molecule has 7 nitrogen and oxygen atoms in total. The molecule has 7 heteroatoms. The van der Waals surface area contributed by atoms with E-state index in [0.29, 0.717) is 18.6 Å². The minimum absolute atomic E-state index is 0.222. The van der Waals surface area contributed by atoms with Gasteiger partial charge in [0.05, 0.1) is 7.11 Å². The number of rotatable bonds is 7. The van der Waals surface area contributed by atoms with Gasteiger partial charge in [-0.2, -0.15) is 4.98 Å². The number of aryl methyl sites for hydroxylation is 2. The third-order valence-corrected chi connectivity index (χ3v) is 4.19. The molecule has 3 N–H and O–H groups in total. The molecular formula is C21H21N3O4. The average Bonchev–Trinajstić information content (AvgIpc) is 2.73. The topological polar surface area (TPSA) is 105 Å². The zero-order valence-corrected chi connectivity index (χ0v) is 15.4. The second-order valence-electron chi connectivity index (χ2n) is 6.18. The SMILES string of the molecule is COc1cccc(CNC(=O)c2nc(CCc3ccccc3)nc(O)c2O)c1. The van der Waals surface area contributed by atoms with Gasteiger partial charge in [-0.05, 0) is 29.7 Å². The Balaban J connectivity index is 1.70. The third-order valence-electron chi connectivity index (χ3n) is 4.19. The van der Waals surface area contributed by atoms with Crippen LogP contribution in [0.5, 0.6) is 17.4 Å². The summed E-state index contributed by atoms with van der Waals surface area (Å²) in [6.45, 7) is 0.222. The predicted octanol–water partition coefficient (Wildman–Crippen LogP) is 2.61. The number of carbonyl (C=O) groups is 1. The smallest absolute Gasteiger partial charge is 0.274 e. The van der Waals surface area contributed by atoms with Crippen molar-refractivity contribution in [3.05, 3.63) is 77.2 Å². The lowest BCUT2D eigenvalue weighted by Crippen LogP contribution is -2.24. The summed E-state index contributed by atoms with van der Waals surface area (Å²) in [5.74, 6) is -0.877. The van der Waals surface area contributed by atoms with Gasteiger partial charge in [0.2, 0.25) is 5.75 Å². The fraction of sp³-hybridized carbons (Fsp3) is 0.190. The van der Waals surface area contributed by atoms with E-state index in [4.69, 9.17) is 4.74 Å². The molecule has 1 amide bonds. The molecule has 0 aliphatic carbocycles. The van der Waals surface area contributed by atoms with Crippen molar-refractivity contribution in [1.82, 2.24) is 15.3 Å². The molecule has 3 aromatic rings. The number of nitrogens with zero attached hydrogens (tertiary/aromatic N) is 2. The van der Waals surface area contributed by atoms with Crippen molar-refractivity contribution in [3.63, 3.8) is 0 Å². The van der Waals surface area contributed by atoms with E-state index in [1.807, 2.05) is 42.5 Å². The molecule has 0 fully saturated rings. The Hall–Kier alpha value is -3.61. The molecule has 0 radical (unpaired) electrons. The van der Waals surface area contributed by atoms with Crippen LogP contribution >= 0.6 is 0 Å². The van der Waals surface area contributed by atoms with Crippen LogP contribution in [0.1, 0.15) is 27.4 Å². The number of methoxy groups -OCH3 is 1. The fourth-order valence-electron chi connectivity index (χ4n) is 2.71. The van der Waals surface area contributed by atoms with Crippen molar-refractivity contribution < 1.29 is 19.7 Å². The molecular weight excluding hydrogens is 358 g/mol.